The number of hydrogen-bond donors (Lipinski definition) is 1. The highest BCUT2D eigenvalue weighted by atomic mass is 35.5. The second-order valence-electron chi connectivity index (χ2n) is 2.19. The molecule has 0 amide bonds. The van der Waals surface area contributed by atoms with E-state index in [1.807, 2.05) is 0 Å². The lowest BCUT2D eigenvalue weighted by atomic mass is 9.98. The Kier molecular flexibility index (Phi) is 2.15. The quantitative estimate of drug-likeness (QED) is 0.495. The summed E-state index contributed by atoms with van der Waals surface area (Å²) in [5, 5.41) is 9.01. The molecule has 1 N–H and O–H groups in total. The lowest BCUT2D eigenvalue weighted by Gasteiger charge is -2.21. The minimum absolute atomic E-state index is 0. The summed E-state index contributed by atoms with van der Waals surface area (Å²) in [6.07, 6.45) is 4.57. The Morgan fingerprint density at radius 3 is 2.75 bits per heavy atom. The molecule has 1 saturated carbocycles. The van der Waals surface area contributed by atoms with Crippen LogP contribution in [0, 0.1) is 6.42 Å². The molecule has 2 unspecified atom stereocenters. The van der Waals surface area contributed by atoms with E-state index in [0.717, 1.165) is 19.3 Å². The van der Waals surface area contributed by atoms with Crippen LogP contribution in [0.1, 0.15) is 19.3 Å². The molecule has 0 aromatic heterocycles. The molecule has 1 aliphatic carbocycles. The zero-order chi connectivity index (χ0) is 5.98. The molecule has 1 aliphatic rings. The Morgan fingerprint density at radius 2 is 2.38 bits per heavy atom. The van der Waals surface area contributed by atoms with Crippen LogP contribution in [0.4, 0.5) is 0 Å². The number of halogens is 1. The lowest BCUT2D eigenvalue weighted by Crippen LogP contribution is -2.24. The first kappa shape index (κ1) is 6.37. The predicted molar refractivity (Wildman–Crippen MR) is 33.8 cm³/mol. The molecular weight excluding hydrogens is 124 g/mol. The normalized spacial score (nSPS) is 39.8. The molecule has 0 aromatic carbocycles. The van der Waals surface area contributed by atoms with Gasteiger partial charge in [-0.25, -0.2) is 0 Å². The van der Waals surface area contributed by atoms with E-state index < -0.39 is 0 Å². The molecule has 0 spiro atoms. The Balaban J connectivity index is 2.28. The van der Waals surface area contributed by atoms with E-state index in [1.54, 1.807) is 0 Å². The largest absolute Gasteiger partial charge is 0.392 e. The van der Waals surface area contributed by atoms with Crippen molar-refractivity contribution in [2.75, 3.05) is 0 Å². The average molecular weight is 134 g/mol. The van der Waals surface area contributed by atoms with Crippen molar-refractivity contribution in [2.45, 2.75) is 30.7 Å². The minimum atomic E-state index is -0.287. The monoisotopic (exact) mass is 133 g/mol. The summed E-state index contributed by atoms with van der Waals surface area (Å²) in [6, 6.07) is 0. The molecule has 0 bridgehead atoms. The Hall–Kier alpha value is 0.250. The van der Waals surface area contributed by atoms with Gasteiger partial charge in [-0.15, -0.1) is 11.6 Å². The standard InChI is InChI=1S/C6H10ClO/c7-5-3-1-2-4-6(5)8/h2,5-6,8H,1,3-4H2. The van der Waals surface area contributed by atoms with Gasteiger partial charge < -0.3 is 5.11 Å². The van der Waals surface area contributed by atoms with Gasteiger partial charge in [0.1, 0.15) is 0 Å². The topological polar surface area (TPSA) is 20.2 Å². The summed E-state index contributed by atoms with van der Waals surface area (Å²) in [7, 11) is 0. The molecule has 1 fully saturated rings. The van der Waals surface area contributed by atoms with Crippen molar-refractivity contribution in [2.24, 2.45) is 0 Å². The van der Waals surface area contributed by atoms with Crippen LogP contribution >= 0.6 is 11.6 Å². The van der Waals surface area contributed by atoms with Crippen LogP contribution in [0.25, 0.3) is 0 Å². The number of aliphatic hydroxyl groups excluding tert-OH is 1. The number of rotatable bonds is 0. The molecule has 2 atom stereocenters. The molecule has 0 saturated heterocycles. The maximum Gasteiger partial charge on any atom is 0.0706 e. The van der Waals surface area contributed by atoms with E-state index in [2.05, 4.69) is 6.42 Å². The van der Waals surface area contributed by atoms with Crippen LogP contribution in [0.15, 0.2) is 0 Å². The summed E-state index contributed by atoms with van der Waals surface area (Å²) >= 11 is 5.70. The zero-order valence-corrected chi connectivity index (χ0v) is 5.43. The third-order valence-corrected chi connectivity index (χ3v) is 1.98. The molecule has 1 nitrogen and oxygen atoms in total. The first-order chi connectivity index (χ1) is 3.80. The van der Waals surface area contributed by atoms with E-state index in [4.69, 9.17) is 16.7 Å². The van der Waals surface area contributed by atoms with Gasteiger partial charge in [0, 0.05) is 0 Å². The van der Waals surface area contributed by atoms with Gasteiger partial charge in [-0.2, -0.15) is 0 Å². The summed E-state index contributed by atoms with van der Waals surface area (Å²) in [5.41, 5.74) is 0. The highest BCUT2D eigenvalue weighted by Gasteiger charge is 2.19. The minimum Gasteiger partial charge on any atom is -0.392 e. The molecule has 8 heavy (non-hydrogen) atoms. The fraction of sp³-hybridized carbons (Fsp3) is 0.833. The Labute approximate surface area is 54.7 Å². The first-order valence-electron chi connectivity index (χ1n) is 2.94. The molecule has 1 rings (SSSR count). The van der Waals surface area contributed by atoms with Crippen molar-refractivity contribution in [1.82, 2.24) is 0 Å². The molecule has 0 aliphatic heterocycles. The summed E-state index contributed by atoms with van der Waals surface area (Å²) in [4.78, 5) is 0. The molecular formula is C6H10ClO. The van der Waals surface area contributed by atoms with E-state index in [0.29, 0.717) is 0 Å². The second kappa shape index (κ2) is 2.70. The van der Waals surface area contributed by atoms with Gasteiger partial charge in [-0.3, -0.25) is 0 Å². The SMILES string of the molecule is OC1C[CH]CCC1Cl. The van der Waals surface area contributed by atoms with Crippen LogP contribution in [0.2, 0.25) is 0 Å². The summed E-state index contributed by atoms with van der Waals surface area (Å²) < 4.78 is 0. The van der Waals surface area contributed by atoms with E-state index >= 15 is 0 Å². The fourth-order valence-electron chi connectivity index (χ4n) is 0.906. The zero-order valence-electron chi connectivity index (χ0n) is 4.68. The van der Waals surface area contributed by atoms with Crippen molar-refractivity contribution in [1.29, 1.82) is 0 Å². The van der Waals surface area contributed by atoms with Crippen molar-refractivity contribution in [3.63, 3.8) is 0 Å². The van der Waals surface area contributed by atoms with Gasteiger partial charge in [0.25, 0.3) is 0 Å². The smallest absolute Gasteiger partial charge is 0.0706 e. The van der Waals surface area contributed by atoms with Crippen LogP contribution in [-0.2, 0) is 0 Å². The van der Waals surface area contributed by atoms with Crippen molar-refractivity contribution >= 4 is 11.6 Å². The number of hydrogen-bond acceptors (Lipinski definition) is 1. The van der Waals surface area contributed by atoms with Gasteiger partial charge in [0.05, 0.1) is 11.5 Å². The Bertz CT molecular complexity index is 64.9. The molecule has 1 radical (unpaired) electrons. The lowest BCUT2D eigenvalue weighted by molar-refractivity contribution is 0.152. The van der Waals surface area contributed by atoms with Gasteiger partial charge in [0.2, 0.25) is 0 Å². The molecule has 0 aromatic rings. The van der Waals surface area contributed by atoms with E-state index in [1.165, 1.54) is 0 Å². The highest BCUT2D eigenvalue weighted by Crippen LogP contribution is 2.21. The van der Waals surface area contributed by atoms with Crippen LogP contribution < -0.4 is 0 Å². The van der Waals surface area contributed by atoms with E-state index in [9.17, 15) is 0 Å². The molecule has 47 valence electrons. The predicted octanol–water partition coefficient (Wildman–Crippen LogP) is 1.34. The average Bonchev–Trinajstić information content (AvgIpc) is 1.77. The van der Waals surface area contributed by atoms with Crippen molar-refractivity contribution in [3.8, 4) is 0 Å². The van der Waals surface area contributed by atoms with Gasteiger partial charge in [0.15, 0.2) is 0 Å². The maximum atomic E-state index is 9.01. The van der Waals surface area contributed by atoms with Gasteiger partial charge >= 0.3 is 0 Å². The second-order valence-corrected chi connectivity index (χ2v) is 2.75. The van der Waals surface area contributed by atoms with Crippen LogP contribution in [0.5, 0.6) is 0 Å². The van der Waals surface area contributed by atoms with Gasteiger partial charge in [-0.1, -0.05) is 0 Å². The number of alkyl halides is 1. The van der Waals surface area contributed by atoms with E-state index in [-0.39, 0.29) is 11.5 Å². The molecule has 0 heterocycles. The first-order valence-corrected chi connectivity index (χ1v) is 3.38. The molecule has 2 heteroatoms. The summed E-state index contributed by atoms with van der Waals surface area (Å²) in [5.74, 6) is 0. The maximum absolute atomic E-state index is 9.01. The van der Waals surface area contributed by atoms with Crippen molar-refractivity contribution < 1.29 is 5.11 Å². The third-order valence-electron chi connectivity index (χ3n) is 1.47. The van der Waals surface area contributed by atoms with Crippen LogP contribution in [-0.4, -0.2) is 16.6 Å². The Morgan fingerprint density at radius 1 is 1.62 bits per heavy atom. The van der Waals surface area contributed by atoms with Crippen LogP contribution in [0.3, 0.4) is 0 Å². The van der Waals surface area contributed by atoms with Crippen molar-refractivity contribution in [3.05, 3.63) is 6.42 Å². The third kappa shape index (κ3) is 1.36. The fourth-order valence-corrected chi connectivity index (χ4v) is 1.13. The number of aliphatic hydroxyl groups is 1. The van der Waals surface area contributed by atoms with Gasteiger partial charge in [-0.05, 0) is 25.7 Å². The summed E-state index contributed by atoms with van der Waals surface area (Å²) in [6.45, 7) is 0. The highest BCUT2D eigenvalue weighted by molar-refractivity contribution is 6.21.